The third-order valence-corrected chi connectivity index (χ3v) is 14.4. The predicted molar refractivity (Wildman–Crippen MR) is 230 cm³/mol. The molecule has 0 bridgehead atoms. The molecule has 2 aliphatic rings. The van der Waals surface area contributed by atoms with Gasteiger partial charge in [0.25, 0.3) is 0 Å². The molecule has 0 aliphatic carbocycles. The van der Waals surface area contributed by atoms with Gasteiger partial charge in [-0.2, -0.15) is 0 Å². The number of hydrogen-bond acceptors (Lipinski definition) is 13. The van der Waals surface area contributed by atoms with Crippen LogP contribution in [0.25, 0.3) is 10.8 Å². The van der Waals surface area contributed by atoms with Gasteiger partial charge in [0.1, 0.15) is 17.8 Å². The number of carbonyl (C=O) groups excluding carboxylic acids is 2. The maximum atomic E-state index is 14.3. The molecule has 0 amide bonds. The van der Waals surface area contributed by atoms with Crippen LogP contribution in [0.15, 0.2) is 71.6 Å². The highest BCUT2D eigenvalue weighted by Gasteiger charge is 2.51. The van der Waals surface area contributed by atoms with Crippen molar-refractivity contribution in [3.05, 3.63) is 77.9 Å². The Morgan fingerprint density at radius 3 is 2.26 bits per heavy atom. The van der Waals surface area contributed by atoms with E-state index in [1.54, 1.807) is 85.0 Å². The van der Waals surface area contributed by atoms with E-state index in [2.05, 4.69) is 4.72 Å². The first-order chi connectivity index (χ1) is 28.5. The summed E-state index contributed by atoms with van der Waals surface area (Å²) in [6.45, 7) is 15.2. The molecule has 61 heavy (non-hydrogen) atoms. The van der Waals surface area contributed by atoms with Gasteiger partial charge < -0.3 is 44.3 Å². The number of aliphatic hydroxyl groups is 4. The zero-order chi connectivity index (χ0) is 45.2. The first-order valence-corrected chi connectivity index (χ1v) is 22.8. The number of ether oxygens (including phenoxy) is 4. The number of hydrogen-bond donors (Lipinski definition) is 5. The number of aryl methyl sites for hydroxylation is 1. The number of esters is 2. The van der Waals surface area contributed by atoms with E-state index in [0.717, 1.165) is 10.8 Å². The molecule has 0 unspecified atom stereocenters. The maximum Gasteiger partial charge on any atom is 0.338 e. The minimum atomic E-state index is -4.26. The second-order valence-electron chi connectivity index (χ2n) is 18.0. The summed E-state index contributed by atoms with van der Waals surface area (Å²) in [7, 11) is -2.47. The number of sulfonamides is 1. The lowest BCUT2D eigenvalue weighted by Crippen LogP contribution is -2.61. The third kappa shape index (κ3) is 10.8. The molecule has 0 spiro atoms. The second-order valence-corrected chi connectivity index (χ2v) is 19.7. The molecule has 3 aromatic rings. The van der Waals surface area contributed by atoms with Crippen molar-refractivity contribution in [3.8, 4) is 0 Å². The summed E-state index contributed by atoms with van der Waals surface area (Å²) in [5.74, 6) is -4.09. The molecule has 0 radical (unpaired) electrons. The van der Waals surface area contributed by atoms with Crippen LogP contribution in [-0.4, -0.2) is 125 Å². The van der Waals surface area contributed by atoms with E-state index in [1.165, 1.54) is 19.9 Å². The van der Waals surface area contributed by atoms with Gasteiger partial charge in [-0.05, 0) is 108 Å². The lowest BCUT2D eigenvalue weighted by Gasteiger charge is -2.46. The lowest BCUT2D eigenvalue weighted by molar-refractivity contribution is -0.292. The van der Waals surface area contributed by atoms with Gasteiger partial charge in [-0.25, -0.2) is 17.9 Å². The molecule has 14 nitrogen and oxygen atoms in total. The Balaban J connectivity index is 1.56. The highest BCUT2D eigenvalue weighted by atomic mass is 32.2. The van der Waals surface area contributed by atoms with Gasteiger partial charge in [0.05, 0.1) is 46.3 Å². The predicted octanol–water partition coefficient (Wildman–Crippen LogP) is 4.72. The van der Waals surface area contributed by atoms with Gasteiger partial charge in [0, 0.05) is 18.5 Å². The van der Waals surface area contributed by atoms with Crippen molar-refractivity contribution >= 4 is 32.7 Å². The van der Waals surface area contributed by atoms with Gasteiger partial charge in [-0.3, -0.25) is 4.79 Å². The summed E-state index contributed by atoms with van der Waals surface area (Å²) in [6, 6.07) is 17.2. The number of aliphatic hydroxyl groups excluding tert-OH is 2. The van der Waals surface area contributed by atoms with Crippen LogP contribution in [0.4, 0.5) is 0 Å². The summed E-state index contributed by atoms with van der Waals surface area (Å²) in [5, 5.41) is 49.0. The number of nitrogens with zero attached hydrogens (tertiary/aromatic N) is 1. The average Bonchev–Trinajstić information content (AvgIpc) is 3.20. The van der Waals surface area contributed by atoms with Crippen molar-refractivity contribution in [1.29, 1.82) is 0 Å². The number of nitrogens with one attached hydrogen (secondary N) is 1. The van der Waals surface area contributed by atoms with Crippen molar-refractivity contribution in [2.24, 2.45) is 17.8 Å². The highest BCUT2D eigenvalue weighted by Crippen LogP contribution is 2.37. The zero-order valence-corrected chi connectivity index (χ0v) is 37.8. The van der Waals surface area contributed by atoms with E-state index in [-0.39, 0.29) is 35.6 Å². The van der Waals surface area contributed by atoms with E-state index in [4.69, 9.17) is 18.9 Å². The molecule has 5 N–H and O–H groups in total. The molecule has 338 valence electrons. The van der Waals surface area contributed by atoms with Gasteiger partial charge in [-0.1, -0.05) is 69.3 Å². The minimum absolute atomic E-state index is 0.0472. The Morgan fingerprint density at radius 1 is 0.967 bits per heavy atom. The molecule has 5 rings (SSSR count). The smallest absolute Gasteiger partial charge is 0.338 e. The van der Waals surface area contributed by atoms with Crippen LogP contribution in [0.1, 0.15) is 90.6 Å². The van der Waals surface area contributed by atoms with E-state index < -0.39 is 100.0 Å². The van der Waals surface area contributed by atoms with E-state index >= 15 is 0 Å². The fraction of sp³-hybridized carbons (Fsp3) is 0.609. The fourth-order valence-electron chi connectivity index (χ4n) is 9.22. The van der Waals surface area contributed by atoms with Gasteiger partial charge in [0.2, 0.25) is 10.0 Å². The van der Waals surface area contributed by atoms with Crippen molar-refractivity contribution in [1.82, 2.24) is 9.62 Å². The topological polar surface area (TPSA) is 201 Å². The Morgan fingerprint density at radius 2 is 1.61 bits per heavy atom. The molecule has 15 heteroatoms. The van der Waals surface area contributed by atoms with E-state index in [1.807, 2.05) is 36.1 Å². The van der Waals surface area contributed by atoms with Crippen LogP contribution in [0.2, 0.25) is 0 Å². The maximum absolute atomic E-state index is 14.3. The van der Waals surface area contributed by atoms with E-state index in [0.29, 0.717) is 12.1 Å². The first-order valence-electron chi connectivity index (χ1n) is 21.3. The molecule has 14 atom stereocenters. The van der Waals surface area contributed by atoms with Crippen molar-refractivity contribution in [2.75, 3.05) is 13.6 Å². The quantitative estimate of drug-likeness (QED) is 0.195. The number of carbonyl (C=O) groups is 2. The molecular weight excluding hydrogens is 805 g/mol. The molecular formula is C46H66N2O12S. The van der Waals surface area contributed by atoms with Crippen LogP contribution < -0.4 is 4.72 Å². The summed E-state index contributed by atoms with van der Waals surface area (Å²) < 4.78 is 56.5. The molecule has 0 saturated carbocycles. The minimum Gasteiger partial charge on any atom is -0.459 e. The lowest BCUT2D eigenvalue weighted by atomic mass is 9.78. The summed E-state index contributed by atoms with van der Waals surface area (Å²) in [4.78, 5) is 29.4. The second kappa shape index (κ2) is 19.5. The Labute approximate surface area is 360 Å². The number of likely N-dealkylation sites (N-methyl/N-ethyl adjacent to an activating group) is 1. The standard InChI is InChI=1S/C46H66N2O12S/c1-11-37-46(9,54)40(50)31(7)48(10)25-26(2)24-45(8,53)41(29(5)38(49)30(6)42(51)58-37)60-44-39(59-43(52)33-18-13-12-14-19-33)35(23-27(3)57-44)47-61(55,56)36-22-21-32-17-15-16-20-34(32)28(36)4/h12-22,26-27,29-31,35,37-41,44,47,49-50,53-54H,11,23-25H2,1-10H3/t26-,27-,29+,30-,31-,35+,37-,38+,39-,40-,41-,44+,45+,46-/m1/s1. The Kier molecular flexibility index (Phi) is 15.5. The number of rotatable bonds is 8. The molecule has 2 saturated heterocycles. The largest absolute Gasteiger partial charge is 0.459 e. The molecule has 2 heterocycles. The number of benzene rings is 3. The van der Waals surface area contributed by atoms with E-state index in [9.17, 15) is 38.4 Å². The summed E-state index contributed by atoms with van der Waals surface area (Å²) >= 11 is 0. The van der Waals surface area contributed by atoms with Crippen LogP contribution in [0.3, 0.4) is 0 Å². The van der Waals surface area contributed by atoms with Crippen molar-refractivity contribution in [3.63, 3.8) is 0 Å². The molecule has 2 fully saturated rings. The van der Waals surface area contributed by atoms with Crippen molar-refractivity contribution < 1.29 is 57.4 Å². The Bertz CT molecular complexity index is 2080. The molecule has 0 aromatic heterocycles. The first kappa shape index (κ1) is 48.5. The average molecular weight is 871 g/mol. The van der Waals surface area contributed by atoms with Crippen LogP contribution in [0.5, 0.6) is 0 Å². The highest BCUT2D eigenvalue weighted by molar-refractivity contribution is 7.89. The van der Waals surface area contributed by atoms with Gasteiger partial charge in [-0.15, -0.1) is 0 Å². The summed E-state index contributed by atoms with van der Waals surface area (Å²) in [5.41, 5.74) is -2.86. The number of cyclic esters (lactones) is 1. The fourth-order valence-corrected chi connectivity index (χ4v) is 10.7. The van der Waals surface area contributed by atoms with Crippen molar-refractivity contribution in [2.45, 2.75) is 153 Å². The molecule has 3 aromatic carbocycles. The van der Waals surface area contributed by atoms with Crippen LogP contribution in [-0.2, 0) is 33.8 Å². The van der Waals surface area contributed by atoms with Crippen LogP contribution in [0, 0.1) is 24.7 Å². The zero-order valence-electron chi connectivity index (χ0n) is 37.0. The number of fused-ring (bicyclic) bond motifs is 1. The SMILES string of the molecule is CC[C@H]1OC(=O)[C@H](C)[C@@H](O)[C@H](C)[C@@H](O[C@@H]2O[C@H](C)C[C@H](NS(=O)(=O)c3ccc4ccccc4c3C)[C@H]2OC(=O)c2ccccc2)[C@@](C)(O)C[C@@H](C)CN(C)[C@H](C)[C@@H](O)[C@]1(C)O. The van der Waals surface area contributed by atoms with Gasteiger partial charge >= 0.3 is 11.9 Å². The Hall–Kier alpha value is -3.51. The third-order valence-electron chi connectivity index (χ3n) is 12.8. The molecule has 2 aliphatic heterocycles. The monoisotopic (exact) mass is 870 g/mol. The van der Waals surface area contributed by atoms with Crippen LogP contribution >= 0.6 is 0 Å². The van der Waals surface area contributed by atoms with Gasteiger partial charge in [0.15, 0.2) is 12.4 Å². The normalized spacial score (nSPS) is 36.4. The summed E-state index contributed by atoms with van der Waals surface area (Å²) in [6.07, 6.45) is -8.45.